The SMILES string of the molecule is CCCCCCc1ccc(-c2cn(C(C)(C)Cc3ccc(C)cc3)nc2C(C)C)cc1. The van der Waals surface area contributed by atoms with E-state index in [1.54, 1.807) is 0 Å². The Morgan fingerprint density at radius 3 is 2.13 bits per heavy atom. The van der Waals surface area contributed by atoms with E-state index < -0.39 is 0 Å². The molecule has 0 aliphatic carbocycles. The van der Waals surface area contributed by atoms with Gasteiger partial charge < -0.3 is 0 Å². The van der Waals surface area contributed by atoms with Crippen molar-refractivity contribution >= 4 is 0 Å². The fourth-order valence-corrected chi connectivity index (χ4v) is 4.24. The third-order valence-corrected chi connectivity index (χ3v) is 6.25. The van der Waals surface area contributed by atoms with Crippen molar-refractivity contribution < 1.29 is 0 Å². The van der Waals surface area contributed by atoms with Gasteiger partial charge in [-0.05, 0) is 62.6 Å². The Morgan fingerprint density at radius 1 is 0.871 bits per heavy atom. The molecule has 2 nitrogen and oxygen atoms in total. The van der Waals surface area contributed by atoms with Crippen molar-refractivity contribution in [3.63, 3.8) is 0 Å². The zero-order chi connectivity index (χ0) is 22.4. The lowest BCUT2D eigenvalue weighted by molar-refractivity contribution is 0.314. The second-order valence-electron chi connectivity index (χ2n) is 10.0. The number of hydrogen-bond donors (Lipinski definition) is 0. The molecular weight excluding hydrogens is 376 g/mol. The lowest BCUT2D eigenvalue weighted by Crippen LogP contribution is -2.29. The number of aromatic nitrogens is 2. The molecule has 3 rings (SSSR count). The Morgan fingerprint density at radius 2 is 1.52 bits per heavy atom. The molecule has 0 amide bonds. The summed E-state index contributed by atoms with van der Waals surface area (Å²) < 4.78 is 2.19. The van der Waals surface area contributed by atoms with Gasteiger partial charge >= 0.3 is 0 Å². The van der Waals surface area contributed by atoms with Crippen molar-refractivity contribution in [1.29, 1.82) is 0 Å². The van der Waals surface area contributed by atoms with Gasteiger partial charge in [0.1, 0.15) is 0 Å². The maximum absolute atomic E-state index is 5.08. The van der Waals surface area contributed by atoms with Gasteiger partial charge in [0, 0.05) is 11.8 Å². The van der Waals surface area contributed by atoms with Gasteiger partial charge in [0.25, 0.3) is 0 Å². The van der Waals surface area contributed by atoms with Crippen molar-refractivity contribution in [3.8, 4) is 11.1 Å². The van der Waals surface area contributed by atoms with Crippen LogP contribution in [0.5, 0.6) is 0 Å². The summed E-state index contributed by atoms with van der Waals surface area (Å²) in [6.07, 6.45) is 9.66. The normalized spacial score (nSPS) is 12.0. The van der Waals surface area contributed by atoms with E-state index in [9.17, 15) is 0 Å². The maximum atomic E-state index is 5.08. The van der Waals surface area contributed by atoms with E-state index in [1.165, 1.54) is 65.6 Å². The molecule has 31 heavy (non-hydrogen) atoms. The third-order valence-electron chi connectivity index (χ3n) is 6.25. The maximum Gasteiger partial charge on any atom is 0.0728 e. The minimum absolute atomic E-state index is 0.0869. The molecule has 0 aliphatic heterocycles. The van der Waals surface area contributed by atoms with E-state index in [0.29, 0.717) is 5.92 Å². The smallest absolute Gasteiger partial charge is 0.0728 e. The largest absolute Gasteiger partial charge is 0.266 e. The minimum atomic E-state index is -0.0869. The summed E-state index contributed by atoms with van der Waals surface area (Å²) in [5.41, 5.74) is 7.75. The van der Waals surface area contributed by atoms with Crippen LogP contribution in [-0.4, -0.2) is 9.78 Å². The molecule has 1 aromatic heterocycles. The van der Waals surface area contributed by atoms with E-state index in [1.807, 2.05) is 0 Å². The average molecular weight is 417 g/mol. The first-order chi connectivity index (χ1) is 14.8. The molecule has 2 heteroatoms. The molecule has 0 saturated carbocycles. The highest BCUT2D eigenvalue weighted by Gasteiger charge is 2.25. The first kappa shape index (κ1) is 23.3. The summed E-state index contributed by atoms with van der Waals surface area (Å²) in [5.74, 6) is 0.389. The van der Waals surface area contributed by atoms with Crippen molar-refractivity contribution in [2.75, 3.05) is 0 Å². The highest BCUT2D eigenvalue weighted by molar-refractivity contribution is 5.66. The number of aryl methyl sites for hydroxylation is 2. The Labute approximate surface area is 189 Å². The Bertz CT molecular complexity index is 943. The van der Waals surface area contributed by atoms with Crippen LogP contribution in [0.2, 0.25) is 0 Å². The molecule has 3 aromatic rings. The zero-order valence-electron chi connectivity index (χ0n) is 20.4. The molecule has 0 bridgehead atoms. The molecule has 0 saturated heterocycles. The monoisotopic (exact) mass is 416 g/mol. The second-order valence-corrected chi connectivity index (χ2v) is 10.0. The molecule has 0 N–H and O–H groups in total. The van der Waals surface area contributed by atoms with E-state index >= 15 is 0 Å². The fourth-order valence-electron chi connectivity index (χ4n) is 4.24. The standard InChI is InChI=1S/C29H40N2/c1-7-8-9-10-11-24-16-18-26(19-17-24)27-21-31(30-28(27)22(2)3)29(5,6)20-25-14-12-23(4)13-15-25/h12-19,21-22H,7-11,20H2,1-6H3. The summed E-state index contributed by atoms with van der Waals surface area (Å²) in [6.45, 7) is 13.5. The quantitative estimate of drug-likeness (QED) is 0.305. The lowest BCUT2D eigenvalue weighted by atomic mass is 9.94. The first-order valence-electron chi connectivity index (χ1n) is 12.0. The Kier molecular flexibility index (Phi) is 7.75. The number of benzene rings is 2. The second kappa shape index (κ2) is 10.3. The summed E-state index contributed by atoms with van der Waals surface area (Å²) >= 11 is 0. The lowest BCUT2D eigenvalue weighted by Gasteiger charge is -2.26. The van der Waals surface area contributed by atoms with Crippen molar-refractivity contribution in [3.05, 3.63) is 77.1 Å². The molecule has 0 aliphatic rings. The molecule has 0 fully saturated rings. The van der Waals surface area contributed by atoms with Crippen LogP contribution in [0, 0.1) is 6.92 Å². The van der Waals surface area contributed by atoms with Gasteiger partial charge in [-0.2, -0.15) is 5.10 Å². The topological polar surface area (TPSA) is 17.8 Å². The van der Waals surface area contributed by atoms with Crippen LogP contribution in [0.1, 0.15) is 88.6 Å². The van der Waals surface area contributed by atoms with Crippen LogP contribution in [0.15, 0.2) is 54.7 Å². The molecular formula is C29H40N2. The van der Waals surface area contributed by atoms with Crippen LogP contribution in [0.3, 0.4) is 0 Å². The first-order valence-corrected chi connectivity index (χ1v) is 12.0. The van der Waals surface area contributed by atoms with E-state index in [0.717, 1.165) is 6.42 Å². The summed E-state index contributed by atoms with van der Waals surface area (Å²) in [5, 5.41) is 5.08. The van der Waals surface area contributed by atoms with Crippen LogP contribution in [0.25, 0.3) is 11.1 Å². The van der Waals surface area contributed by atoms with Crippen LogP contribution >= 0.6 is 0 Å². The molecule has 166 valence electrons. The highest BCUT2D eigenvalue weighted by atomic mass is 15.3. The molecule has 0 unspecified atom stereocenters. The third kappa shape index (κ3) is 6.09. The highest BCUT2D eigenvalue weighted by Crippen LogP contribution is 2.32. The fraction of sp³-hybridized carbons (Fsp3) is 0.483. The van der Waals surface area contributed by atoms with Crippen LogP contribution in [0.4, 0.5) is 0 Å². The van der Waals surface area contributed by atoms with Crippen molar-refractivity contribution in [2.45, 2.75) is 91.5 Å². The van der Waals surface area contributed by atoms with E-state index in [4.69, 9.17) is 5.10 Å². The van der Waals surface area contributed by atoms with Gasteiger partial charge in [0.05, 0.1) is 11.2 Å². The number of hydrogen-bond acceptors (Lipinski definition) is 1. The summed E-state index contributed by atoms with van der Waals surface area (Å²) in [6, 6.07) is 18.1. The van der Waals surface area contributed by atoms with Gasteiger partial charge in [-0.3, -0.25) is 4.68 Å². The molecule has 0 radical (unpaired) electrons. The van der Waals surface area contributed by atoms with Crippen LogP contribution < -0.4 is 0 Å². The van der Waals surface area contributed by atoms with Gasteiger partial charge in [-0.1, -0.05) is 94.1 Å². The average Bonchev–Trinajstić information content (AvgIpc) is 3.20. The van der Waals surface area contributed by atoms with Gasteiger partial charge in [0.15, 0.2) is 0 Å². The molecule has 0 atom stereocenters. The molecule has 2 aromatic carbocycles. The van der Waals surface area contributed by atoms with Gasteiger partial charge in [-0.15, -0.1) is 0 Å². The van der Waals surface area contributed by atoms with Crippen molar-refractivity contribution in [1.82, 2.24) is 9.78 Å². The summed E-state index contributed by atoms with van der Waals surface area (Å²) in [4.78, 5) is 0. The number of unbranched alkanes of at least 4 members (excludes halogenated alkanes) is 3. The van der Waals surface area contributed by atoms with Gasteiger partial charge in [0.2, 0.25) is 0 Å². The molecule has 1 heterocycles. The van der Waals surface area contributed by atoms with Gasteiger partial charge in [-0.25, -0.2) is 0 Å². The zero-order valence-corrected chi connectivity index (χ0v) is 20.4. The van der Waals surface area contributed by atoms with E-state index in [-0.39, 0.29) is 5.54 Å². The Hall–Kier alpha value is -2.35. The minimum Gasteiger partial charge on any atom is -0.266 e. The van der Waals surface area contributed by atoms with Crippen LogP contribution in [-0.2, 0) is 18.4 Å². The summed E-state index contributed by atoms with van der Waals surface area (Å²) in [7, 11) is 0. The number of nitrogens with zero attached hydrogens (tertiary/aromatic N) is 2. The van der Waals surface area contributed by atoms with Crippen molar-refractivity contribution in [2.24, 2.45) is 0 Å². The van der Waals surface area contributed by atoms with E-state index in [2.05, 4.69) is 101 Å². The molecule has 0 spiro atoms. The predicted octanol–water partition coefficient (Wildman–Crippen LogP) is 8.08. The predicted molar refractivity (Wildman–Crippen MR) is 134 cm³/mol. The number of rotatable bonds is 10. The Balaban J connectivity index is 1.82.